The van der Waals surface area contributed by atoms with E-state index in [1.807, 2.05) is 19.1 Å². The molecule has 0 spiro atoms. The van der Waals surface area contributed by atoms with Crippen molar-refractivity contribution in [2.45, 2.75) is 13.5 Å². The number of halogens is 1. The van der Waals surface area contributed by atoms with E-state index >= 15 is 0 Å². The number of benzene rings is 3. The highest BCUT2D eigenvalue weighted by atomic mass is 35.5. The number of hydrogen-bond donors (Lipinski definition) is 1. The first-order valence-corrected chi connectivity index (χ1v) is 10.1. The summed E-state index contributed by atoms with van der Waals surface area (Å²) in [6, 6.07) is 18.2. The summed E-state index contributed by atoms with van der Waals surface area (Å²) in [7, 11) is 0. The molecule has 1 amide bonds. The Kier molecular flexibility index (Phi) is 7.77. The molecule has 164 valence electrons. The van der Waals surface area contributed by atoms with E-state index in [0.717, 1.165) is 5.56 Å². The SMILES string of the molecule is CCOc1cc(/C=N\NC(=O)c2ccccc2[N+](=O)[O-])ccc1OCc1ccc(Cl)cc1. The van der Waals surface area contributed by atoms with Gasteiger partial charge in [-0.2, -0.15) is 5.10 Å². The van der Waals surface area contributed by atoms with Gasteiger partial charge in [0.25, 0.3) is 11.6 Å². The van der Waals surface area contributed by atoms with Gasteiger partial charge in [-0.25, -0.2) is 5.43 Å². The number of nitrogens with zero attached hydrogens (tertiary/aromatic N) is 2. The second-order valence-electron chi connectivity index (χ2n) is 6.53. The van der Waals surface area contributed by atoms with Crippen LogP contribution in [-0.4, -0.2) is 23.7 Å². The average Bonchev–Trinajstić information content (AvgIpc) is 2.79. The van der Waals surface area contributed by atoms with Gasteiger partial charge in [-0.15, -0.1) is 0 Å². The molecule has 0 aliphatic rings. The molecule has 0 aromatic heterocycles. The van der Waals surface area contributed by atoms with Crippen molar-refractivity contribution in [3.8, 4) is 11.5 Å². The number of para-hydroxylation sites is 1. The monoisotopic (exact) mass is 453 g/mol. The number of hydrazone groups is 1. The number of nitro benzene ring substituents is 1. The second kappa shape index (κ2) is 10.9. The van der Waals surface area contributed by atoms with E-state index in [1.165, 1.54) is 24.4 Å². The van der Waals surface area contributed by atoms with E-state index in [-0.39, 0.29) is 11.3 Å². The summed E-state index contributed by atoms with van der Waals surface area (Å²) in [5.74, 6) is 0.403. The molecule has 0 unspecified atom stereocenters. The van der Waals surface area contributed by atoms with Crippen molar-refractivity contribution >= 4 is 29.4 Å². The van der Waals surface area contributed by atoms with E-state index in [4.69, 9.17) is 21.1 Å². The lowest BCUT2D eigenvalue weighted by molar-refractivity contribution is -0.385. The van der Waals surface area contributed by atoms with Crippen molar-refractivity contribution in [1.29, 1.82) is 0 Å². The summed E-state index contributed by atoms with van der Waals surface area (Å²) in [5.41, 5.74) is 3.55. The largest absolute Gasteiger partial charge is 0.490 e. The Morgan fingerprint density at radius 2 is 1.84 bits per heavy atom. The van der Waals surface area contributed by atoms with Gasteiger partial charge in [0, 0.05) is 11.1 Å². The van der Waals surface area contributed by atoms with Crippen LogP contribution in [-0.2, 0) is 6.61 Å². The number of rotatable bonds is 9. The minimum Gasteiger partial charge on any atom is -0.490 e. The summed E-state index contributed by atoms with van der Waals surface area (Å²) < 4.78 is 11.5. The van der Waals surface area contributed by atoms with E-state index in [9.17, 15) is 14.9 Å². The standard InChI is InChI=1S/C23H20ClN3O5/c1-2-31-22-13-17(9-12-21(22)32-15-16-7-10-18(24)11-8-16)14-25-26-23(28)19-5-3-4-6-20(19)27(29)30/h3-14H,2,15H2,1H3,(H,26,28)/b25-14-. The fourth-order valence-electron chi connectivity index (χ4n) is 2.78. The molecule has 3 rings (SSSR count). The summed E-state index contributed by atoms with van der Waals surface area (Å²) in [5, 5.41) is 15.6. The number of nitrogens with one attached hydrogen (secondary N) is 1. The third-order valence-corrected chi connectivity index (χ3v) is 4.55. The topological polar surface area (TPSA) is 103 Å². The lowest BCUT2D eigenvalue weighted by atomic mass is 10.2. The Bertz CT molecular complexity index is 1130. The molecular weight excluding hydrogens is 434 g/mol. The maximum atomic E-state index is 12.2. The Morgan fingerprint density at radius 3 is 2.56 bits per heavy atom. The molecule has 0 aliphatic heterocycles. The van der Waals surface area contributed by atoms with Crippen LogP contribution in [0.4, 0.5) is 5.69 Å². The molecule has 0 bridgehead atoms. The molecule has 0 atom stereocenters. The van der Waals surface area contributed by atoms with Crippen molar-refractivity contribution in [3.05, 3.63) is 98.6 Å². The molecule has 0 fully saturated rings. The maximum Gasteiger partial charge on any atom is 0.282 e. The van der Waals surface area contributed by atoms with Crippen molar-refractivity contribution < 1.29 is 19.2 Å². The quantitative estimate of drug-likeness (QED) is 0.279. The molecule has 8 nitrogen and oxygen atoms in total. The fraction of sp³-hybridized carbons (Fsp3) is 0.130. The van der Waals surface area contributed by atoms with E-state index in [1.54, 1.807) is 36.4 Å². The van der Waals surface area contributed by atoms with Gasteiger partial charge < -0.3 is 9.47 Å². The zero-order valence-electron chi connectivity index (χ0n) is 17.2. The lowest BCUT2D eigenvalue weighted by Gasteiger charge is -2.12. The molecule has 1 N–H and O–H groups in total. The molecule has 0 radical (unpaired) electrons. The Labute approximate surface area is 189 Å². The van der Waals surface area contributed by atoms with Gasteiger partial charge in [-0.1, -0.05) is 35.9 Å². The van der Waals surface area contributed by atoms with Crippen molar-refractivity contribution in [3.63, 3.8) is 0 Å². The molecule has 9 heteroatoms. The lowest BCUT2D eigenvalue weighted by Crippen LogP contribution is -2.18. The molecule has 3 aromatic carbocycles. The fourth-order valence-corrected chi connectivity index (χ4v) is 2.91. The smallest absolute Gasteiger partial charge is 0.282 e. The first-order valence-electron chi connectivity index (χ1n) is 9.69. The highest BCUT2D eigenvalue weighted by Gasteiger charge is 2.18. The first-order chi connectivity index (χ1) is 15.5. The van der Waals surface area contributed by atoms with E-state index in [2.05, 4.69) is 10.5 Å². The molecule has 0 saturated carbocycles. The van der Waals surface area contributed by atoms with Crippen LogP contribution in [0.1, 0.15) is 28.4 Å². The molecule has 0 heterocycles. The highest BCUT2D eigenvalue weighted by molar-refractivity contribution is 6.30. The highest BCUT2D eigenvalue weighted by Crippen LogP contribution is 2.29. The summed E-state index contributed by atoms with van der Waals surface area (Å²) in [4.78, 5) is 22.7. The zero-order valence-corrected chi connectivity index (χ0v) is 17.9. The van der Waals surface area contributed by atoms with Crippen molar-refractivity contribution in [1.82, 2.24) is 5.43 Å². The number of ether oxygens (including phenoxy) is 2. The van der Waals surface area contributed by atoms with Crippen molar-refractivity contribution in [2.75, 3.05) is 6.61 Å². The normalized spacial score (nSPS) is 10.7. The predicted molar refractivity (Wildman–Crippen MR) is 122 cm³/mol. The Morgan fingerprint density at radius 1 is 1.09 bits per heavy atom. The van der Waals surface area contributed by atoms with E-state index in [0.29, 0.717) is 35.3 Å². The molecule has 0 aliphatic carbocycles. The number of amides is 1. The minimum atomic E-state index is -0.679. The number of carbonyl (C=O) groups excluding carboxylic acids is 1. The molecular formula is C23H20ClN3O5. The van der Waals surface area contributed by atoms with Crippen LogP contribution in [0.15, 0.2) is 71.8 Å². The van der Waals surface area contributed by atoms with E-state index < -0.39 is 10.8 Å². The van der Waals surface area contributed by atoms with Gasteiger partial charge in [0.15, 0.2) is 11.5 Å². The molecule has 3 aromatic rings. The van der Waals surface area contributed by atoms with Gasteiger partial charge in [0.2, 0.25) is 0 Å². The van der Waals surface area contributed by atoms with Gasteiger partial charge >= 0.3 is 0 Å². The maximum absolute atomic E-state index is 12.2. The Balaban J connectivity index is 1.68. The molecule has 32 heavy (non-hydrogen) atoms. The number of hydrogen-bond acceptors (Lipinski definition) is 6. The van der Waals surface area contributed by atoms with Crippen LogP contribution in [0.5, 0.6) is 11.5 Å². The van der Waals surface area contributed by atoms with Gasteiger partial charge in [0.1, 0.15) is 12.2 Å². The van der Waals surface area contributed by atoms with Crippen LogP contribution in [0, 0.1) is 10.1 Å². The molecule has 0 saturated heterocycles. The van der Waals surface area contributed by atoms with Crippen LogP contribution in [0.3, 0.4) is 0 Å². The van der Waals surface area contributed by atoms with Crippen molar-refractivity contribution in [2.24, 2.45) is 5.10 Å². The average molecular weight is 454 g/mol. The minimum absolute atomic E-state index is 0.0735. The van der Waals surface area contributed by atoms with Gasteiger partial charge in [0.05, 0.1) is 17.7 Å². The Hall–Kier alpha value is -3.91. The third-order valence-electron chi connectivity index (χ3n) is 4.30. The number of nitro groups is 1. The summed E-state index contributed by atoms with van der Waals surface area (Å²) in [6.45, 7) is 2.64. The number of carbonyl (C=O) groups is 1. The second-order valence-corrected chi connectivity index (χ2v) is 6.96. The van der Waals surface area contributed by atoms with Crippen LogP contribution in [0.25, 0.3) is 0 Å². The van der Waals surface area contributed by atoms with Gasteiger partial charge in [-0.05, 0) is 54.4 Å². The van der Waals surface area contributed by atoms with Crippen LogP contribution in [0.2, 0.25) is 5.02 Å². The van der Waals surface area contributed by atoms with Crippen LogP contribution < -0.4 is 14.9 Å². The first kappa shape index (κ1) is 22.8. The summed E-state index contributed by atoms with van der Waals surface area (Å²) >= 11 is 5.90. The zero-order chi connectivity index (χ0) is 22.9. The third kappa shape index (κ3) is 6.05. The van der Waals surface area contributed by atoms with Crippen LogP contribution >= 0.6 is 11.6 Å². The van der Waals surface area contributed by atoms with Gasteiger partial charge in [-0.3, -0.25) is 14.9 Å². The predicted octanol–water partition coefficient (Wildman–Crippen LogP) is 4.99. The summed E-state index contributed by atoms with van der Waals surface area (Å²) in [6.07, 6.45) is 1.41.